The highest BCUT2D eigenvalue weighted by atomic mass is 32.2. The maximum Gasteiger partial charge on any atom is 0.238 e. The minimum atomic E-state index is -0.691. The Balaban J connectivity index is 2.67. The number of thioether (sulfide) groups is 1. The lowest BCUT2D eigenvalue weighted by atomic mass is 10.1. The van der Waals surface area contributed by atoms with E-state index < -0.39 is 5.54 Å². The highest BCUT2D eigenvalue weighted by molar-refractivity contribution is 7.99. The largest absolute Gasteiger partial charge is 0.497 e. The van der Waals surface area contributed by atoms with Crippen LogP contribution in [0.3, 0.4) is 0 Å². The van der Waals surface area contributed by atoms with Gasteiger partial charge in [0.2, 0.25) is 5.91 Å². The van der Waals surface area contributed by atoms with Crippen LogP contribution in [-0.2, 0) is 4.79 Å². The molecule has 3 N–H and O–H groups in total. The van der Waals surface area contributed by atoms with Gasteiger partial charge in [-0.1, -0.05) is 13.0 Å². The molecule has 106 valence electrons. The third-order valence-corrected chi connectivity index (χ3v) is 4.19. The van der Waals surface area contributed by atoms with Crippen molar-refractivity contribution in [3.63, 3.8) is 0 Å². The molecule has 5 heteroatoms. The van der Waals surface area contributed by atoms with E-state index in [0.29, 0.717) is 5.75 Å². The lowest BCUT2D eigenvalue weighted by Gasteiger charge is -2.27. The summed E-state index contributed by atoms with van der Waals surface area (Å²) in [4.78, 5) is 12.7. The van der Waals surface area contributed by atoms with Crippen LogP contribution in [0, 0.1) is 0 Å². The van der Waals surface area contributed by atoms with Gasteiger partial charge in [-0.25, -0.2) is 0 Å². The van der Waals surface area contributed by atoms with Crippen LogP contribution in [0.5, 0.6) is 5.75 Å². The van der Waals surface area contributed by atoms with E-state index in [2.05, 4.69) is 12.2 Å². The summed E-state index contributed by atoms with van der Waals surface area (Å²) in [5.41, 5.74) is 4.80. The SMILES string of the molecule is CCCNC(C)(CSc1cccc(OC)c1)C(N)=O. The first-order valence-corrected chi connectivity index (χ1v) is 7.32. The van der Waals surface area contributed by atoms with Crippen LogP contribution >= 0.6 is 11.8 Å². The molecular weight excluding hydrogens is 260 g/mol. The van der Waals surface area contributed by atoms with Crippen molar-refractivity contribution in [2.24, 2.45) is 5.73 Å². The van der Waals surface area contributed by atoms with Gasteiger partial charge in [-0.15, -0.1) is 11.8 Å². The molecule has 1 unspecified atom stereocenters. The van der Waals surface area contributed by atoms with E-state index in [1.165, 1.54) is 0 Å². The van der Waals surface area contributed by atoms with Crippen LogP contribution in [0.1, 0.15) is 20.3 Å². The average Bonchev–Trinajstić information content (AvgIpc) is 2.43. The molecule has 1 atom stereocenters. The molecule has 19 heavy (non-hydrogen) atoms. The molecule has 0 aliphatic carbocycles. The highest BCUT2D eigenvalue weighted by Crippen LogP contribution is 2.26. The van der Waals surface area contributed by atoms with Crippen molar-refractivity contribution in [1.29, 1.82) is 0 Å². The van der Waals surface area contributed by atoms with Crippen LogP contribution in [0.15, 0.2) is 29.2 Å². The van der Waals surface area contributed by atoms with E-state index >= 15 is 0 Å². The van der Waals surface area contributed by atoms with Gasteiger partial charge in [0.05, 0.1) is 7.11 Å². The van der Waals surface area contributed by atoms with E-state index in [0.717, 1.165) is 23.6 Å². The van der Waals surface area contributed by atoms with Gasteiger partial charge >= 0.3 is 0 Å². The van der Waals surface area contributed by atoms with Crippen LogP contribution in [0.2, 0.25) is 0 Å². The van der Waals surface area contributed by atoms with E-state index in [4.69, 9.17) is 10.5 Å². The van der Waals surface area contributed by atoms with E-state index in [-0.39, 0.29) is 5.91 Å². The summed E-state index contributed by atoms with van der Waals surface area (Å²) >= 11 is 1.59. The van der Waals surface area contributed by atoms with Gasteiger partial charge in [0.1, 0.15) is 11.3 Å². The zero-order valence-corrected chi connectivity index (χ0v) is 12.5. The first-order chi connectivity index (χ1) is 9.01. The summed E-state index contributed by atoms with van der Waals surface area (Å²) in [5, 5.41) is 3.22. The molecule has 0 aromatic heterocycles. The number of primary amides is 1. The topological polar surface area (TPSA) is 64.3 Å². The first kappa shape index (κ1) is 15.9. The normalized spacial score (nSPS) is 13.8. The number of nitrogens with two attached hydrogens (primary N) is 1. The third kappa shape index (κ3) is 4.76. The summed E-state index contributed by atoms with van der Waals surface area (Å²) in [6.07, 6.45) is 0.965. The molecule has 0 saturated heterocycles. The summed E-state index contributed by atoms with van der Waals surface area (Å²) in [6.45, 7) is 4.68. The van der Waals surface area contributed by atoms with Crippen molar-refractivity contribution in [1.82, 2.24) is 5.32 Å². The minimum absolute atomic E-state index is 0.323. The van der Waals surface area contributed by atoms with Gasteiger partial charge in [-0.3, -0.25) is 4.79 Å². The van der Waals surface area contributed by atoms with Crippen molar-refractivity contribution >= 4 is 17.7 Å². The zero-order valence-electron chi connectivity index (χ0n) is 11.7. The molecule has 1 rings (SSSR count). The smallest absolute Gasteiger partial charge is 0.238 e. The van der Waals surface area contributed by atoms with E-state index in [1.54, 1.807) is 18.9 Å². The summed E-state index contributed by atoms with van der Waals surface area (Å²) < 4.78 is 5.18. The van der Waals surface area contributed by atoms with E-state index in [9.17, 15) is 4.79 Å². The van der Waals surface area contributed by atoms with Crippen LogP contribution < -0.4 is 15.8 Å². The molecule has 1 aromatic carbocycles. The number of nitrogens with one attached hydrogen (secondary N) is 1. The Hall–Kier alpha value is -1.20. The monoisotopic (exact) mass is 282 g/mol. The van der Waals surface area contributed by atoms with Crippen molar-refractivity contribution < 1.29 is 9.53 Å². The molecule has 0 aliphatic rings. The van der Waals surface area contributed by atoms with Crippen LogP contribution in [-0.4, -0.2) is 30.9 Å². The number of methoxy groups -OCH3 is 1. The highest BCUT2D eigenvalue weighted by Gasteiger charge is 2.30. The van der Waals surface area contributed by atoms with Gasteiger partial charge in [0.15, 0.2) is 0 Å². The lowest BCUT2D eigenvalue weighted by molar-refractivity contribution is -0.122. The second-order valence-electron chi connectivity index (χ2n) is 4.59. The van der Waals surface area contributed by atoms with Crippen molar-refractivity contribution in [3.05, 3.63) is 24.3 Å². The molecule has 0 heterocycles. The van der Waals surface area contributed by atoms with Gasteiger partial charge in [0.25, 0.3) is 0 Å². The quantitative estimate of drug-likeness (QED) is 0.716. The second kappa shape index (κ2) is 7.40. The van der Waals surface area contributed by atoms with Crippen LogP contribution in [0.4, 0.5) is 0 Å². The Kier molecular flexibility index (Phi) is 6.18. The van der Waals surface area contributed by atoms with Gasteiger partial charge in [0, 0.05) is 10.6 Å². The molecule has 0 saturated carbocycles. The van der Waals surface area contributed by atoms with Gasteiger partial charge in [-0.2, -0.15) is 0 Å². The molecule has 1 amide bonds. The molecule has 0 bridgehead atoms. The zero-order chi connectivity index (χ0) is 14.3. The molecule has 0 radical (unpaired) electrons. The second-order valence-corrected chi connectivity index (χ2v) is 5.64. The molecule has 0 spiro atoms. The Morgan fingerprint density at radius 2 is 2.26 bits per heavy atom. The van der Waals surface area contributed by atoms with E-state index in [1.807, 2.05) is 31.2 Å². The standard InChI is InChI=1S/C14H22N2O2S/c1-4-8-16-14(2,13(15)17)10-19-12-7-5-6-11(9-12)18-3/h5-7,9,16H,4,8,10H2,1-3H3,(H2,15,17). The summed E-state index contributed by atoms with van der Waals surface area (Å²) in [5.74, 6) is 1.08. The number of amides is 1. The lowest BCUT2D eigenvalue weighted by Crippen LogP contribution is -2.55. The molecule has 0 aliphatic heterocycles. The number of benzene rings is 1. The van der Waals surface area contributed by atoms with Gasteiger partial charge < -0.3 is 15.8 Å². The molecule has 4 nitrogen and oxygen atoms in total. The maximum atomic E-state index is 11.6. The summed E-state index contributed by atoms with van der Waals surface area (Å²) in [6, 6.07) is 7.77. The van der Waals surface area contributed by atoms with Crippen LogP contribution in [0.25, 0.3) is 0 Å². The summed E-state index contributed by atoms with van der Waals surface area (Å²) in [7, 11) is 1.64. The van der Waals surface area contributed by atoms with Crippen molar-refractivity contribution in [2.75, 3.05) is 19.4 Å². The fourth-order valence-corrected chi connectivity index (χ4v) is 2.60. The first-order valence-electron chi connectivity index (χ1n) is 6.33. The molecule has 0 fully saturated rings. The number of hydrogen-bond acceptors (Lipinski definition) is 4. The number of ether oxygens (including phenoxy) is 1. The van der Waals surface area contributed by atoms with Gasteiger partial charge in [-0.05, 0) is 38.1 Å². The predicted octanol–water partition coefficient (Wildman–Crippen LogP) is 2.03. The maximum absolute atomic E-state index is 11.6. The Morgan fingerprint density at radius 3 is 2.84 bits per heavy atom. The number of carbonyl (C=O) groups excluding carboxylic acids is 1. The fraction of sp³-hybridized carbons (Fsp3) is 0.500. The molecule has 1 aromatic rings. The Bertz CT molecular complexity index is 426. The predicted molar refractivity (Wildman–Crippen MR) is 79.6 cm³/mol. The minimum Gasteiger partial charge on any atom is -0.497 e. The number of carbonyl (C=O) groups is 1. The number of rotatable bonds is 8. The fourth-order valence-electron chi connectivity index (χ4n) is 1.53. The third-order valence-electron chi connectivity index (χ3n) is 2.88. The van der Waals surface area contributed by atoms with Crippen molar-refractivity contribution in [3.8, 4) is 5.75 Å². The van der Waals surface area contributed by atoms with Crippen molar-refractivity contribution in [2.45, 2.75) is 30.7 Å². The molecular formula is C14H22N2O2S. The number of hydrogen-bond donors (Lipinski definition) is 2. The Labute approximate surface area is 119 Å². The Morgan fingerprint density at radius 1 is 1.53 bits per heavy atom. The average molecular weight is 282 g/mol.